The minimum Gasteiger partial charge on any atom is -0.348 e. The van der Waals surface area contributed by atoms with Gasteiger partial charge in [0.05, 0.1) is 5.56 Å². The van der Waals surface area contributed by atoms with Gasteiger partial charge in [0.1, 0.15) is 0 Å². The maximum atomic E-state index is 13.3. The Morgan fingerprint density at radius 1 is 1.03 bits per heavy atom. The van der Waals surface area contributed by atoms with Crippen molar-refractivity contribution < 1.29 is 13.6 Å². The van der Waals surface area contributed by atoms with Gasteiger partial charge in [-0.25, -0.2) is 18.7 Å². The average Bonchev–Trinajstić information content (AvgIpc) is 2.99. The quantitative estimate of drug-likeness (QED) is 0.747. The van der Waals surface area contributed by atoms with Crippen molar-refractivity contribution in [2.75, 3.05) is 31.1 Å². The van der Waals surface area contributed by atoms with E-state index in [0.717, 1.165) is 37.5 Å². The second-order valence-corrected chi connectivity index (χ2v) is 9.52. The van der Waals surface area contributed by atoms with Crippen molar-refractivity contribution in [3.63, 3.8) is 0 Å². The number of hydrogen-bond donors (Lipinski definition) is 1. The monoisotopic (exact) mass is 455 g/mol. The van der Waals surface area contributed by atoms with Crippen molar-refractivity contribution in [3.8, 4) is 0 Å². The lowest BCUT2D eigenvalue weighted by atomic mass is 9.91. The lowest BCUT2D eigenvalue weighted by Gasteiger charge is -2.36. The van der Waals surface area contributed by atoms with Crippen molar-refractivity contribution in [2.24, 2.45) is 0 Å². The molecule has 176 valence electrons. The van der Waals surface area contributed by atoms with E-state index in [1.54, 1.807) is 4.90 Å². The van der Waals surface area contributed by atoms with Crippen molar-refractivity contribution in [1.29, 1.82) is 0 Å². The molecule has 3 aliphatic rings. The van der Waals surface area contributed by atoms with E-state index in [4.69, 9.17) is 0 Å². The molecule has 1 saturated carbocycles. The maximum absolute atomic E-state index is 13.3. The number of carbonyl (C=O) groups is 1. The highest BCUT2D eigenvalue weighted by Gasteiger charge is 2.34. The van der Waals surface area contributed by atoms with Crippen molar-refractivity contribution >= 4 is 11.9 Å². The van der Waals surface area contributed by atoms with Crippen LogP contribution >= 0.6 is 0 Å². The number of hydrogen-bond acceptors (Lipinski definition) is 5. The van der Waals surface area contributed by atoms with E-state index >= 15 is 0 Å². The van der Waals surface area contributed by atoms with Crippen LogP contribution in [0.5, 0.6) is 0 Å². The highest BCUT2D eigenvalue weighted by molar-refractivity contribution is 5.93. The molecule has 6 nitrogen and oxygen atoms in total. The standard InChI is InChI=1S/C25H31F2N5O/c26-25(27)8-12-32(13-9-25)24-29-16-21(17-30-24)23(33)28-15-18-4-5-19-6-10-31(22-2-1-3-22)11-7-20(19)14-18/h4-5,14,16-17,22H,1-3,6-13,15H2,(H,28,33). The second kappa shape index (κ2) is 9.33. The molecule has 0 radical (unpaired) electrons. The third-order valence-electron chi connectivity index (χ3n) is 7.33. The fourth-order valence-electron chi connectivity index (χ4n) is 4.94. The van der Waals surface area contributed by atoms with Gasteiger partial charge < -0.3 is 10.2 Å². The van der Waals surface area contributed by atoms with Gasteiger partial charge in [0, 0.05) is 64.0 Å². The Kier molecular flexibility index (Phi) is 6.27. The summed E-state index contributed by atoms with van der Waals surface area (Å²) in [6, 6.07) is 7.32. The summed E-state index contributed by atoms with van der Waals surface area (Å²) in [5, 5.41) is 2.95. The molecule has 1 aromatic heterocycles. The first-order valence-electron chi connectivity index (χ1n) is 12.0. The Hall–Kier alpha value is -2.61. The fourth-order valence-corrected chi connectivity index (χ4v) is 4.94. The first-order chi connectivity index (χ1) is 16.0. The topological polar surface area (TPSA) is 61.4 Å². The summed E-state index contributed by atoms with van der Waals surface area (Å²) in [5.74, 6) is -2.45. The molecule has 2 fully saturated rings. The Labute approximate surface area is 193 Å². The summed E-state index contributed by atoms with van der Waals surface area (Å²) in [5.41, 5.74) is 4.27. The molecule has 0 unspecified atom stereocenters. The SMILES string of the molecule is O=C(NCc1ccc2c(c1)CCN(C1CCC1)CC2)c1cnc(N2CCC(F)(F)CC2)nc1. The highest BCUT2D eigenvalue weighted by atomic mass is 19.3. The van der Waals surface area contributed by atoms with Crippen LogP contribution in [0.2, 0.25) is 0 Å². The molecule has 33 heavy (non-hydrogen) atoms. The molecular formula is C25H31F2N5O. The van der Waals surface area contributed by atoms with Crippen molar-refractivity contribution in [1.82, 2.24) is 20.2 Å². The van der Waals surface area contributed by atoms with Gasteiger partial charge in [0.25, 0.3) is 11.8 Å². The molecule has 2 aliphatic heterocycles. The normalized spacial score (nSPS) is 21.1. The molecule has 2 aromatic rings. The van der Waals surface area contributed by atoms with Gasteiger partial charge in [0.2, 0.25) is 5.95 Å². The third-order valence-corrected chi connectivity index (χ3v) is 7.33. The number of amides is 1. The van der Waals surface area contributed by atoms with E-state index < -0.39 is 5.92 Å². The first-order valence-corrected chi connectivity index (χ1v) is 12.0. The number of benzene rings is 1. The zero-order valence-corrected chi connectivity index (χ0v) is 18.9. The van der Waals surface area contributed by atoms with Crippen LogP contribution in [-0.4, -0.2) is 58.9 Å². The Morgan fingerprint density at radius 3 is 2.39 bits per heavy atom. The molecule has 3 heterocycles. The highest BCUT2D eigenvalue weighted by Crippen LogP contribution is 2.29. The van der Waals surface area contributed by atoms with Gasteiger partial charge in [-0.3, -0.25) is 9.69 Å². The number of aromatic nitrogens is 2. The number of fused-ring (bicyclic) bond motifs is 1. The molecule has 5 rings (SSSR count). The lowest BCUT2D eigenvalue weighted by molar-refractivity contribution is -0.0222. The fraction of sp³-hybridized carbons (Fsp3) is 0.560. The zero-order valence-electron chi connectivity index (χ0n) is 18.9. The molecule has 1 saturated heterocycles. The van der Waals surface area contributed by atoms with Gasteiger partial charge in [-0.1, -0.05) is 24.6 Å². The summed E-state index contributed by atoms with van der Waals surface area (Å²) < 4.78 is 26.7. The number of carbonyl (C=O) groups excluding carboxylic acids is 1. The lowest BCUT2D eigenvalue weighted by Crippen LogP contribution is -2.41. The second-order valence-electron chi connectivity index (χ2n) is 9.52. The Bertz CT molecular complexity index is 983. The average molecular weight is 456 g/mol. The van der Waals surface area contributed by atoms with Crippen molar-refractivity contribution in [2.45, 2.75) is 63.5 Å². The van der Waals surface area contributed by atoms with Crippen LogP contribution in [0.4, 0.5) is 14.7 Å². The summed E-state index contributed by atoms with van der Waals surface area (Å²) in [7, 11) is 0. The summed E-state index contributed by atoms with van der Waals surface area (Å²) in [6.45, 7) is 3.14. The molecule has 1 amide bonds. The molecule has 1 aliphatic carbocycles. The van der Waals surface area contributed by atoms with E-state index in [2.05, 4.69) is 38.4 Å². The van der Waals surface area contributed by atoms with Gasteiger partial charge in [-0.15, -0.1) is 0 Å². The summed E-state index contributed by atoms with van der Waals surface area (Å²) in [6.07, 6.45) is 8.74. The predicted molar refractivity (Wildman–Crippen MR) is 123 cm³/mol. The van der Waals surface area contributed by atoms with Crippen LogP contribution in [0.1, 0.15) is 59.2 Å². The number of rotatable bonds is 5. The smallest absolute Gasteiger partial charge is 0.254 e. The largest absolute Gasteiger partial charge is 0.348 e. The first kappa shape index (κ1) is 22.2. The minimum atomic E-state index is -2.61. The number of anilines is 1. The van der Waals surface area contributed by atoms with E-state index in [1.807, 2.05) is 0 Å². The van der Waals surface area contributed by atoms with Crippen LogP contribution in [0.25, 0.3) is 0 Å². The predicted octanol–water partition coefficient (Wildman–Crippen LogP) is 3.60. The number of halogens is 2. The molecular weight excluding hydrogens is 424 g/mol. The van der Waals surface area contributed by atoms with E-state index in [1.165, 1.54) is 42.8 Å². The number of nitrogens with zero attached hydrogens (tertiary/aromatic N) is 4. The summed E-state index contributed by atoms with van der Waals surface area (Å²) >= 11 is 0. The maximum Gasteiger partial charge on any atom is 0.254 e. The molecule has 1 aromatic carbocycles. The van der Waals surface area contributed by atoms with Gasteiger partial charge in [-0.05, 0) is 42.4 Å². The number of piperidine rings is 1. The van der Waals surface area contributed by atoms with Gasteiger partial charge >= 0.3 is 0 Å². The van der Waals surface area contributed by atoms with E-state index in [0.29, 0.717) is 18.1 Å². The summed E-state index contributed by atoms with van der Waals surface area (Å²) in [4.78, 5) is 25.4. The molecule has 8 heteroatoms. The molecule has 0 bridgehead atoms. The third kappa shape index (κ3) is 5.16. The Balaban J connectivity index is 1.15. The van der Waals surface area contributed by atoms with Crippen LogP contribution < -0.4 is 10.2 Å². The van der Waals surface area contributed by atoms with Gasteiger partial charge in [-0.2, -0.15) is 0 Å². The molecule has 1 N–H and O–H groups in total. The van der Waals surface area contributed by atoms with Crippen LogP contribution in [0, 0.1) is 0 Å². The van der Waals surface area contributed by atoms with E-state index in [9.17, 15) is 13.6 Å². The molecule has 0 spiro atoms. The van der Waals surface area contributed by atoms with E-state index in [-0.39, 0.29) is 31.8 Å². The molecule has 0 atom stereocenters. The van der Waals surface area contributed by atoms with Gasteiger partial charge in [0.15, 0.2) is 0 Å². The Morgan fingerprint density at radius 2 is 1.73 bits per heavy atom. The van der Waals surface area contributed by atoms with Crippen LogP contribution in [0.15, 0.2) is 30.6 Å². The van der Waals surface area contributed by atoms with Crippen LogP contribution in [0.3, 0.4) is 0 Å². The number of nitrogens with one attached hydrogen (secondary N) is 1. The minimum absolute atomic E-state index is 0.196. The zero-order chi connectivity index (χ0) is 22.8. The van der Waals surface area contributed by atoms with Crippen LogP contribution in [-0.2, 0) is 19.4 Å². The number of alkyl halides is 2. The van der Waals surface area contributed by atoms with Crippen molar-refractivity contribution in [3.05, 3.63) is 52.8 Å².